The van der Waals surface area contributed by atoms with Crippen molar-refractivity contribution in [3.05, 3.63) is 54.1 Å². The maximum atomic E-state index is 5.46. The third kappa shape index (κ3) is 2.07. The Hall–Kier alpha value is -2.07. The van der Waals surface area contributed by atoms with Gasteiger partial charge in [0.25, 0.3) is 0 Å². The van der Waals surface area contributed by atoms with E-state index in [0.29, 0.717) is 6.54 Å². The molecule has 0 unspecified atom stereocenters. The fraction of sp³-hybridized carbons (Fsp3) is 0.154. The molecule has 4 nitrogen and oxygen atoms in total. The van der Waals surface area contributed by atoms with Crippen molar-refractivity contribution in [1.29, 1.82) is 0 Å². The van der Waals surface area contributed by atoms with Gasteiger partial charge in [-0.15, -0.1) is 0 Å². The van der Waals surface area contributed by atoms with Gasteiger partial charge in [0.05, 0.1) is 12.0 Å². The Balaban J connectivity index is 1.69. The van der Waals surface area contributed by atoms with E-state index in [9.17, 15) is 0 Å². The van der Waals surface area contributed by atoms with Gasteiger partial charge in [0.15, 0.2) is 0 Å². The lowest BCUT2D eigenvalue weighted by atomic mass is 10.2. The highest BCUT2D eigenvalue weighted by molar-refractivity contribution is 5.80. The van der Waals surface area contributed by atoms with Crippen LogP contribution in [0.1, 0.15) is 11.3 Å². The predicted octanol–water partition coefficient (Wildman–Crippen LogP) is 2.71. The van der Waals surface area contributed by atoms with Crippen LogP contribution in [-0.4, -0.2) is 5.16 Å². The van der Waals surface area contributed by atoms with E-state index in [1.165, 1.54) is 0 Å². The number of aromatic nitrogens is 1. The number of hydrogen-bond donors (Lipinski definition) is 1. The molecular formula is C13H12N2O2. The minimum Gasteiger partial charge on any atom is -0.464 e. The van der Waals surface area contributed by atoms with Gasteiger partial charge in [0, 0.05) is 30.1 Å². The van der Waals surface area contributed by atoms with Crippen LogP contribution >= 0.6 is 0 Å². The summed E-state index contributed by atoms with van der Waals surface area (Å²) in [5, 5.41) is 8.29. The fourth-order valence-corrected chi connectivity index (χ4v) is 1.82. The van der Waals surface area contributed by atoms with Gasteiger partial charge in [-0.3, -0.25) is 0 Å². The molecule has 3 aromatic rings. The summed E-state index contributed by atoms with van der Waals surface area (Å²) in [6.07, 6.45) is 3.37. The summed E-state index contributed by atoms with van der Waals surface area (Å²) < 4.78 is 10.2. The molecule has 0 aliphatic rings. The number of nitrogens with one attached hydrogen (secondary N) is 1. The van der Waals surface area contributed by atoms with E-state index < -0.39 is 0 Å². The molecule has 1 aromatic carbocycles. The van der Waals surface area contributed by atoms with Crippen LogP contribution in [0.25, 0.3) is 11.0 Å². The third-order valence-corrected chi connectivity index (χ3v) is 2.67. The number of para-hydroxylation sites is 1. The van der Waals surface area contributed by atoms with Crippen LogP contribution in [0.5, 0.6) is 0 Å². The first-order valence-electron chi connectivity index (χ1n) is 5.48. The standard InChI is InChI=1S/C13H12N2O2/c1-2-4-13-12(3-1)10(9-16-13)7-14-8-11-5-6-17-15-11/h1-6,9,14H,7-8H2. The van der Waals surface area contributed by atoms with Crippen molar-refractivity contribution in [2.75, 3.05) is 0 Å². The molecule has 0 saturated carbocycles. The molecule has 2 heterocycles. The number of hydrogen-bond acceptors (Lipinski definition) is 4. The molecular weight excluding hydrogens is 216 g/mol. The van der Waals surface area contributed by atoms with Crippen molar-refractivity contribution in [3.63, 3.8) is 0 Å². The number of fused-ring (bicyclic) bond motifs is 1. The second-order valence-electron chi connectivity index (χ2n) is 3.85. The van der Waals surface area contributed by atoms with Crippen LogP contribution in [0.2, 0.25) is 0 Å². The Morgan fingerprint density at radius 1 is 1.12 bits per heavy atom. The van der Waals surface area contributed by atoms with E-state index in [2.05, 4.69) is 16.5 Å². The van der Waals surface area contributed by atoms with Crippen molar-refractivity contribution in [2.45, 2.75) is 13.1 Å². The van der Waals surface area contributed by atoms with Gasteiger partial charge in [0.2, 0.25) is 0 Å². The normalized spacial score (nSPS) is 11.1. The number of nitrogens with zero attached hydrogens (tertiary/aromatic N) is 1. The SMILES string of the molecule is c1ccc2c(CNCc3ccon3)coc2c1. The molecule has 0 aliphatic heterocycles. The lowest BCUT2D eigenvalue weighted by Crippen LogP contribution is -2.12. The molecule has 0 saturated heterocycles. The van der Waals surface area contributed by atoms with Crippen LogP contribution in [0.3, 0.4) is 0 Å². The first-order chi connectivity index (χ1) is 8.43. The molecule has 3 rings (SSSR count). The molecule has 0 radical (unpaired) electrons. The molecule has 0 aliphatic carbocycles. The van der Waals surface area contributed by atoms with Crippen molar-refractivity contribution in [3.8, 4) is 0 Å². The second-order valence-corrected chi connectivity index (χ2v) is 3.85. The van der Waals surface area contributed by atoms with Crippen LogP contribution in [0.15, 0.2) is 51.8 Å². The van der Waals surface area contributed by atoms with Gasteiger partial charge >= 0.3 is 0 Å². The molecule has 17 heavy (non-hydrogen) atoms. The molecule has 0 spiro atoms. The highest BCUT2D eigenvalue weighted by Gasteiger charge is 2.04. The summed E-state index contributed by atoms with van der Waals surface area (Å²) in [4.78, 5) is 0. The molecule has 2 aromatic heterocycles. The quantitative estimate of drug-likeness (QED) is 0.746. The van der Waals surface area contributed by atoms with E-state index in [4.69, 9.17) is 8.94 Å². The predicted molar refractivity (Wildman–Crippen MR) is 63.3 cm³/mol. The minimum absolute atomic E-state index is 0.690. The van der Waals surface area contributed by atoms with Crippen LogP contribution in [0.4, 0.5) is 0 Å². The summed E-state index contributed by atoms with van der Waals surface area (Å²) in [6, 6.07) is 9.86. The fourth-order valence-electron chi connectivity index (χ4n) is 1.82. The van der Waals surface area contributed by atoms with Gasteiger partial charge in [-0.05, 0) is 6.07 Å². The first kappa shape index (κ1) is 10.1. The minimum atomic E-state index is 0.690. The van der Waals surface area contributed by atoms with Crippen molar-refractivity contribution in [1.82, 2.24) is 10.5 Å². The summed E-state index contributed by atoms with van der Waals surface area (Å²) >= 11 is 0. The van der Waals surface area contributed by atoms with Crippen LogP contribution in [-0.2, 0) is 13.1 Å². The summed E-state index contributed by atoms with van der Waals surface area (Å²) in [5.41, 5.74) is 2.98. The third-order valence-electron chi connectivity index (χ3n) is 2.67. The monoisotopic (exact) mass is 228 g/mol. The van der Waals surface area contributed by atoms with E-state index >= 15 is 0 Å². The zero-order valence-electron chi connectivity index (χ0n) is 9.22. The van der Waals surface area contributed by atoms with Crippen molar-refractivity contribution in [2.24, 2.45) is 0 Å². The largest absolute Gasteiger partial charge is 0.464 e. The van der Waals surface area contributed by atoms with Gasteiger partial charge in [-0.2, -0.15) is 0 Å². The molecule has 86 valence electrons. The van der Waals surface area contributed by atoms with E-state index in [-0.39, 0.29) is 0 Å². The Bertz CT molecular complexity index is 599. The molecule has 0 atom stereocenters. The number of benzene rings is 1. The maximum absolute atomic E-state index is 5.46. The topological polar surface area (TPSA) is 51.2 Å². The Morgan fingerprint density at radius 3 is 2.94 bits per heavy atom. The van der Waals surface area contributed by atoms with Crippen molar-refractivity contribution >= 4 is 11.0 Å². The van der Waals surface area contributed by atoms with Crippen LogP contribution < -0.4 is 5.32 Å². The van der Waals surface area contributed by atoms with E-state index in [1.54, 1.807) is 12.5 Å². The molecule has 0 fully saturated rings. The van der Waals surface area contributed by atoms with Gasteiger partial charge in [-0.25, -0.2) is 0 Å². The highest BCUT2D eigenvalue weighted by atomic mass is 16.5. The Kier molecular flexibility index (Phi) is 2.63. The number of rotatable bonds is 4. The smallest absolute Gasteiger partial charge is 0.134 e. The summed E-state index contributed by atoms with van der Waals surface area (Å²) in [6.45, 7) is 1.44. The second kappa shape index (κ2) is 4.43. The first-order valence-corrected chi connectivity index (χ1v) is 5.48. The number of furan rings is 1. The molecule has 0 bridgehead atoms. The zero-order chi connectivity index (χ0) is 11.5. The summed E-state index contributed by atoms with van der Waals surface area (Å²) in [5.74, 6) is 0. The molecule has 1 N–H and O–H groups in total. The van der Waals surface area contributed by atoms with E-state index in [0.717, 1.165) is 28.8 Å². The lowest BCUT2D eigenvalue weighted by Gasteiger charge is -1.99. The summed E-state index contributed by atoms with van der Waals surface area (Å²) in [7, 11) is 0. The highest BCUT2D eigenvalue weighted by Crippen LogP contribution is 2.20. The molecule has 4 heteroatoms. The van der Waals surface area contributed by atoms with Gasteiger partial charge in [-0.1, -0.05) is 23.4 Å². The van der Waals surface area contributed by atoms with Gasteiger partial charge in [0.1, 0.15) is 11.8 Å². The zero-order valence-corrected chi connectivity index (χ0v) is 9.22. The average Bonchev–Trinajstić information content (AvgIpc) is 2.99. The van der Waals surface area contributed by atoms with E-state index in [1.807, 2.05) is 24.3 Å². The Labute approximate surface area is 98.2 Å². The lowest BCUT2D eigenvalue weighted by molar-refractivity contribution is 0.408. The van der Waals surface area contributed by atoms with Gasteiger partial charge < -0.3 is 14.3 Å². The maximum Gasteiger partial charge on any atom is 0.134 e. The molecule has 0 amide bonds. The van der Waals surface area contributed by atoms with Crippen LogP contribution in [0, 0.1) is 0 Å². The Morgan fingerprint density at radius 2 is 2.06 bits per heavy atom. The average molecular weight is 228 g/mol. The van der Waals surface area contributed by atoms with Crippen molar-refractivity contribution < 1.29 is 8.94 Å².